The van der Waals surface area contributed by atoms with Crippen molar-refractivity contribution in [2.45, 2.75) is 0 Å². The van der Waals surface area contributed by atoms with E-state index >= 15 is 0 Å². The van der Waals surface area contributed by atoms with E-state index in [1.807, 2.05) is 6.20 Å². The minimum absolute atomic E-state index is 0.605. The van der Waals surface area contributed by atoms with Crippen LogP contribution in [0.4, 0.5) is 5.69 Å². The standard InChI is InChI=1S/C13H11NO/c1-2-6-12-11(4-1)5-3-7-13(12)14-8-9-15-10-14/h1-9H,10H2. The average molecular weight is 197 g/mol. The van der Waals surface area contributed by atoms with E-state index in [1.54, 1.807) is 6.26 Å². The Morgan fingerprint density at radius 2 is 1.87 bits per heavy atom. The van der Waals surface area contributed by atoms with Crippen molar-refractivity contribution >= 4 is 16.5 Å². The van der Waals surface area contributed by atoms with E-state index in [0.29, 0.717) is 6.73 Å². The summed E-state index contributed by atoms with van der Waals surface area (Å²) in [6.45, 7) is 0.605. The van der Waals surface area contributed by atoms with Gasteiger partial charge in [-0.25, -0.2) is 0 Å². The maximum Gasteiger partial charge on any atom is 0.164 e. The summed E-state index contributed by atoms with van der Waals surface area (Å²) >= 11 is 0. The first-order valence-electron chi connectivity index (χ1n) is 4.98. The third-order valence-electron chi connectivity index (χ3n) is 2.63. The van der Waals surface area contributed by atoms with Crippen molar-refractivity contribution in [2.24, 2.45) is 0 Å². The molecule has 0 unspecified atom stereocenters. The third kappa shape index (κ3) is 1.34. The summed E-state index contributed by atoms with van der Waals surface area (Å²) < 4.78 is 5.21. The van der Waals surface area contributed by atoms with Gasteiger partial charge in [-0.1, -0.05) is 36.4 Å². The zero-order valence-corrected chi connectivity index (χ0v) is 8.26. The third-order valence-corrected chi connectivity index (χ3v) is 2.63. The molecule has 2 heteroatoms. The Kier molecular flexibility index (Phi) is 1.85. The van der Waals surface area contributed by atoms with Gasteiger partial charge in [0.05, 0.1) is 5.69 Å². The minimum atomic E-state index is 0.605. The van der Waals surface area contributed by atoms with E-state index in [4.69, 9.17) is 4.74 Å². The number of nitrogens with zero attached hydrogens (tertiary/aromatic N) is 1. The molecule has 0 bridgehead atoms. The van der Waals surface area contributed by atoms with Crippen LogP contribution in [0.25, 0.3) is 10.8 Å². The molecule has 0 aromatic heterocycles. The summed E-state index contributed by atoms with van der Waals surface area (Å²) in [5.74, 6) is 0. The number of ether oxygens (including phenoxy) is 1. The summed E-state index contributed by atoms with van der Waals surface area (Å²) in [4.78, 5) is 2.10. The van der Waals surface area contributed by atoms with Crippen LogP contribution in [0.1, 0.15) is 0 Å². The van der Waals surface area contributed by atoms with Crippen LogP contribution in [0.15, 0.2) is 54.9 Å². The fourth-order valence-corrected chi connectivity index (χ4v) is 1.89. The van der Waals surface area contributed by atoms with Gasteiger partial charge in [0.2, 0.25) is 0 Å². The normalized spacial score (nSPS) is 14.5. The number of hydrogen-bond donors (Lipinski definition) is 0. The lowest BCUT2D eigenvalue weighted by Gasteiger charge is -2.16. The lowest BCUT2D eigenvalue weighted by Crippen LogP contribution is -2.13. The number of anilines is 1. The number of benzene rings is 2. The monoisotopic (exact) mass is 197 g/mol. The maximum absolute atomic E-state index is 5.21. The Morgan fingerprint density at radius 3 is 2.73 bits per heavy atom. The van der Waals surface area contributed by atoms with Gasteiger partial charge in [0.25, 0.3) is 0 Å². The summed E-state index contributed by atoms with van der Waals surface area (Å²) in [6, 6.07) is 14.7. The van der Waals surface area contributed by atoms with Gasteiger partial charge in [0.15, 0.2) is 6.73 Å². The Bertz CT molecular complexity index is 513. The molecule has 0 fully saturated rings. The maximum atomic E-state index is 5.21. The second-order valence-corrected chi connectivity index (χ2v) is 3.55. The second-order valence-electron chi connectivity index (χ2n) is 3.55. The van der Waals surface area contributed by atoms with Gasteiger partial charge in [-0.05, 0) is 11.5 Å². The summed E-state index contributed by atoms with van der Waals surface area (Å²) in [5, 5.41) is 2.52. The Hall–Kier alpha value is -1.96. The van der Waals surface area contributed by atoms with Gasteiger partial charge in [-0.3, -0.25) is 0 Å². The molecule has 0 aliphatic carbocycles. The van der Waals surface area contributed by atoms with Gasteiger partial charge in [0, 0.05) is 11.6 Å². The Morgan fingerprint density at radius 1 is 1.00 bits per heavy atom. The van der Waals surface area contributed by atoms with Crippen LogP contribution in [0.5, 0.6) is 0 Å². The molecule has 2 aromatic rings. The van der Waals surface area contributed by atoms with Crippen molar-refractivity contribution in [1.29, 1.82) is 0 Å². The molecule has 1 heterocycles. The molecule has 0 radical (unpaired) electrons. The van der Waals surface area contributed by atoms with Gasteiger partial charge < -0.3 is 9.64 Å². The highest BCUT2D eigenvalue weighted by atomic mass is 16.5. The first kappa shape index (κ1) is 8.36. The van der Waals surface area contributed by atoms with Gasteiger partial charge in [-0.15, -0.1) is 0 Å². The highest BCUT2D eigenvalue weighted by Crippen LogP contribution is 2.27. The molecule has 0 atom stereocenters. The topological polar surface area (TPSA) is 12.5 Å². The summed E-state index contributed by atoms with van der Waals surface area (Å²) in [5.41, 5.74) is 1.20. The molecule has 0 saturated carbocycles. The molecule has 74 valence electrons. The van der Waals surface area contributed by atoms with E-state index in [9.17, 15) is 0 Å². The molecule has 2 aromatic carbocycles. The zero-order valence-electron chi connectivity index (χ0n) is 8.26. The van der Waals surface area contributed by atoms with Gasteiger partial charge in [-0.2, -0.15) is 0 Å². The van der Waals surface area contributed by atoms with Crippen LogP contribution < -0.4 is 4.90 Å². The van der Waals surface area contributed by atoms with Crippen molar-refractivity contribution in [1.82, 2.24) is 0 Å². The molecule has 0 spiro atoms. The van der Waals surface area contributed by atoms with Crippen LogP contribution in [0.3, 0.4) is 0 Å². The summed E-state index contributed by atoms with van der Waals surface area (Å²) in [7, 11) is 0. The second kappa shape index (κ2) is 3.31. The van der Waals surface area contributed by atoms with Crippen LogP contribution in [0.2, 0.25) is 0 Å². The molecular weight excluding hydrogens is 186 g/mol. The predicted molar refractivity (Wildman–Crippen MR) is 61.5 cm³/mol. The van der Waals surface area contributed by atoms with E-state index in [-0.39, 0.29) is 0 Å². The molecule has 0 amide bonds. The SMILES string of the molecule is C1=CN(c2cccc3ccccc23)CO1. The zero-order chi connectivity index (χ0) is 10.1. The average Bonchev–Trinajstić information content (AvgIpc) is 2.82. The molecule has 1 aliphatic heterocycles. The molecule has 0 saturated heterocycles. The molecule has 15 heavy (non-hydrogen) atoms. The lowest BCUT2D eigenvalue weighted by molar-refractivity contribution is 0.282. The summed E-state index contributed by atoms with van der Waals surface area (Å²) in [6.07, 6.45) is 3.68. The predicted octanol–water partition coefficient (Wildman–Crippen LogP) is 3.11. The van der Waals surface area contributed by atoms with Gasteiger partial charge in [0.1, 0.15) is 6.26 Å². The Balaban J connectivity index is 2.21. The van der Waals surface area contributed by atoms with E-state index in [0.717, 1.165) is 0 Å². The fourth-order valence-electron chi connectivity index (χ4n) is 1.89. The molecular formula is C13H11NO. The molecule has 1 aliphatic rings. The van der Waals surface area contributed by atoms with Crippen LogP contribution in [0, 0.1) is 0 Å². The van der Waals surface area contributed by atoms with Crippen molar-refractivity contribution in [2.75, 3.05) is 11.6 Å². The first-order valence-corrected chi connectivity index (χ1v) is 4.98. The van der Waals surface area contributed by atoms with E-state index in [2.05, 4.69) is 47.4 Å². The van der Waals surface area contributed by atoms with E-state index in [1.165, 1.54) is 16.5 Å². The van der Waals surface area contributed by atoms with E-state index < -0.39 is 0 Å². The van der Waals surface area contributed by atoms with Crippen molar-refractivity contribution in [3.8, 4) is 0 Å². The van der Waals surface area contributed by atoms with Crippen LogP contribution in [-0.2, 0) is 4.74 Å². The van der Waals surface area contributed by atoms with Crippen molar-refractivity contribution in [3.05, 3.63) is 54.9 Å². The van der Waals surface area contributed by atoms with Crippen molar-refractivity contribution in [3.63, 3.8) is 0 Å². The number of hydrogen-bond acceptors (Lipinski definition) is 2. The largest absolute Gasteiger partial charge is 0.479 e. The van der Waals surface area contributed by atoms with Gasteiger partial charge >= 0.3 is 0 Å². The number of rotatable bonds is 1. The van der Waals surface area contributed by atoms with Crippen molar-refractivity contribution < 1.29 is 4.74 Å². The quantitative estimate of drug-likeness (QED) is 0.696. The van der Waals surface area contributed by atoms with Crippen LogP contribution in [-0.4, -0.2) is 6.73 Å². The first-order chi connectivity index (χ1) is 7.45. The Labute approximate surface area is 88.4 Å². The molecule has 0 N–H and O–H groups in total. The molecule has 2 nitrogen and oxygen atoms in total. The number of fused-ring (bicyclic) bond motifs is 1. The minimum Gasteiger partial charge on any atom is -0.479 e. The van der Waals surface area contributed by atoms with Crippen LogP contribution >= 0.6 is 0 Å². The highest BCUT2D eigenvalue weighted by Gasteiger charge is 2.10. The lowest BCUT2D eigenvalue weighted by atomic mass is 10.1. The fraction of sp³-hybridized carbons (Fsp3) is 0.0769. The smallest absolute Gasteiger partial charge is 0.164 e. The molecule has 3 rings (SSSR count). The highest BCUT2D eigenvalue weighted by molar-refractivity contribution is 5.94.